The van der Waals surface area contributed by atoms with Crippen molar-refractivity contribution in [3.63, 3.8) is 0 Å². The van der Waals surface area contributed by atoms with Gasteiger partial charge in [0, 0.05) is 73.1 Å². The van der Waals surface area contributed by atoms with E-state index < -0.39 is 114 Å². The molecule has 18 heteroatoms. The van der Waals surface area contributed by atoms with E-state index in [9.17, 15) is 34.8 Å². The van der Waals surface area contributed by atoms with Crippen molar-refractivity contribution < 1.29 is 68.0 Å². The number of benzene rings is 1. The zero-order valence-electron chi connectivity index (χ0n) is 39.7. The molecule has 0 aliphatic carbocycles. The van der Waals surface area contributed by atoms with Crippen LogP contribution in [0.1, 0.15) is 105 Å². The van der Waals surface area contributed by atoms with Crippen LogP contribution in [-0.2, 0) is 42.7 Å². The minimum Gasteiger partial charge on any atom is -0.459 e. The zero-order valence-corrected chi connectivity index (χ0v) is 41.2. The molecule has 1 amide bonds. The maximum atomic E-state index is 14.4. The Morgan fingerprint density at radius 2 is 1.50 bits per heavy atom. The van der Waals surface area contributed by atoms with E-state index in [1.807, 2.05) is 25.8 Å². The van der Waals surface area contributed by atoms with Crippen LogP contribution in [0.3, 0.4) is 0 Å². The minimum absolute atomic E-state index is 0.0451. The van der Waals surface area contributed by atoms with Crippen LogP contribution in [0.5, 0.6) is 0 Å². The molecule has 0 unspecified atom stereocenters. The van der Waals surface area contributed by atoms with Crippen LogP contribution in [0.4, 0.5) is 0 Å². The van der Waals surface area contributed by atoms with Crippen LogP contribution >= 0.6 is 23.2 Å². The highest BCUT2D eigenvalue weighted by atomic mass is 35.5. The van der Waals surface area contributed by atoms with Crippen molar-refractivity contribution in [2.24, 2.45) is 23.7 Å². The fourth-order valence-corrected chi connectivity index (χ4v) is 10.3. The van der Waals surface area contributed by atoms with Crippen molar-refractivity contribution in [1.82, 2.24) is 10.2 Å². The van der Waals surface area contributed by atoms with Crippen LogP contribution in [0.25, 0.3) is 0 Å². The summed E-state index contributed by atoms with van der Waals surface area (Å²) in [5, 5.41) is 50.0. The SMILES string of the molecule is CC[C@H]1OC(=O)[C@H](C)[C@@H](O[C@H]2C[C@@](C)(OC)[C@@H](O)[C@H](C)O2)[C@H](C)[C@@H](O[C@H]2O[C@H](C)C[C@H](N(C)CCNC(=O)c3cc(Cl)cc(Cl)c3)[C@H]2O)[C@](C)(OC)C[C@@H](C)C(=O)[C@H](C)[C@@H](O)[C@]1(C)O. The second-order valence-electron chi connectivity index (χ2n) is 19.1. The average Bonchev–Trinajstić information content (AvgIpc) is 3.24. The summed E-state index contributed by atoms with van der Waals surface area (Å²) in [5.41, 5.74) is -4.12. The molecule has 3 heterocycles. The number of ketones is 1. The first-order chi connectivity index (χ1) is 29.7. The number of nitrogens with one attached hydrogen (secondary N) is 1. The number of Topliss-reactive ketones (excluding diaryl/α,β-unsaturated/α-hetero) is 1. The van der Waals surface area contributed by atoms with Crippen LogP contribution in [0.15, 0.2) is 18.2 Å². The van der Waals surface area contributed by atoms with Crippen molar-refractivity contribution in [1.29, 1.82) is 0 Å². The Balaban J connectivity index is 1.74. The number of rotatable bonds is 12. The number of aliphatic hydroxyl groups excluding tert-OH is 3. The summed E-state index contributed by atoms with van der Waals surface area (Å²) < 4.78 is 44.4. The first kappa shape index (κ1) is 54.6. The number of likely N-dealkylation sites (N-methyl/N-ethyl adjacent to an activating group) is 1. The molecule has 366 valence electrons. The molecule has 4 rings (SSSR count). The maximum absolute atomic E-state index is 14.4. The van der Waals surface area contributed by atoms with Gasteiger partial charge in [-0.2, -0.15) is 0 Å². The number of carbonyl (C=O) groups excluding carboxylic acids is 3. The summed E-state index contributed by atoms with van der Waals surface area (Å²) in [4.78, 5) is 43.4. The summed E-state index contributed by atoms with van der Waals surface area (Å²) in [6.07, 6.45) is -9.93. The second kappa shape index (κ2) is 22.4. The highest BCUT2D eigenvalue weighted by Crippen LogP contribution is 2.42. The van der Waals surface area contributed by atoms with Gasteiger partial charge < -0.3 is 58.9 Å². The molecule has 0 bridgehead atoms. The molecule has 16 nitrogen and oxygen atoms in total. The summed E-state index contributed by atoms with van der Waals surface area (Å²) in [5.74, 6) is -5.19. The number of esters is 1. The number of amides is 1. The lowest BCUT2D eigenvalue weighted by atomic mass is 9.74. The second-order valence-corrected chi connectivity index (χ2v) is 19.9. The van der Waals surface area contributed by atoms with Gasteiger partial charge >= 0.3 is 5.97 Å². The lowest BCUT2D eigenvalue weighted by Crippen LogP contribution is -2.62. The standard InChI is InChI=1S/C46H74Cl2N2O14/c1-14-33-46(10,57)38(53)25(4)35(51)23(2)21-45(9,59-13)40(26(5)37(27(6)42(56)62-33)63-34-22-44(8,58-12)39(54)28(7)61-34)64-43-36(52)32(17-24(3)60-43)50(11)16-15-49-41(55)29-18-30(47)20-31(48)19-29/h18-20,23-28,32-34,36-40,43,52-54,57H,14-17,21-22H2,1-13H3,(H,49,55)/t23-,24-,25+,26+,27-,28+,32+,33-,34+,36-,37+,38-,39+,40-,43-,44-,45-,46-/m1/s1. The smallest absolute Gasteiger partial charge is 0.311 e. The Morgan fingerprint density at radius 1 is 0.891 bits per heavy atom. The fraction of sp³-hybridized carbons (Fsp3) is 0.804. The predicted molar refractivity (Wildman–Crippen MR) is 239 cm³/mol. The monoisotopic (exact) mass is 948 g/mol. The number of methoxy groups -OCH3 is 2. The quantitative estimate of drug-likeness (QED) is 0.182. The minimum atomic E-state index is -2.01. The van der Waals surface area contributed by atoms with Gasteiger partial charge in [0.2, 0.25) is 0 Å². The molecule has 1 aromatic rings. The third kappa shape index (κ3) is 12.3. The summed E-state index contributed by atoms with van der Waals surface area (Å²) >= 11 is 12.2. The normalized spacial score (nSPS) is 41.9. The van der Waals surface area contributed by atoms with E-state index in [1.54, 1.807) is 41.5 Å². The topological polar surface area (TPSA) is 212 Å². The van der Waals surface area contributed by atoms with Crippen LogP contribution in [-0.4, -0.2) is 162 Å². The van der Waals surface area contributed by atoms with Gasteiger partial charge in [-0.25, -0.2) is 0 Å². The molecule has 5 N–H and O–H groups in total. The van der Waals surface area contributed by atoms with E-state index >= 15 is 0 Å². The van der Waals surface area contributed by atoms with Crippen molar-refractivity contribution in [3.8, 4) is 0 Å². The first-order valence-electron chi connectivity index (χ1n) is 22.4. The highest BCUT2D eigenvalue weighted by Gasteiger charge is 2.54. The first-order valence-corrected chi connectivity index (χ1v) is 23.2. The Hall–Kier alpha value is -2.03. The van der Waals surface area contributed by atoms with E-state index in [2.05, 4.69) is 5.32 Å². The third-order valence-corrected chi connectivity index (χ3v) is 14.5. The molecule has 0 aromatic heterocycles. The van der Waals surface area contributed by atoms with Crippen molar-refractivity contribution >= 4 is 40.9 Å². The molecule has 18 atom stereocenters. The van der Waals surface area contributed by atoms with Crippen molar-refractivity contribution in [3.05, 3.63) is 33.8 Å². The predicted octanol–water partition coefficient (Wildman–Crippen LogP) is 4.55. The Kier molecular flexibility index (Phi) is 19.1. The Morgan fingerprint density at radius 3 is 2.08 bits per heavy atom. The molecule has 0 spiro atoms. The molecular weight excluding hydrogens is 875 g/mol. The van der Waals surface area contributed by atoms with E-state index in [0.29, 0.717) is 28.6 Å². The summed E-state index contributed by atoms with van der Waals surface area (Å²) in [7, 11) is 4.79. The van der Waals surface area contributed by atoms with E-state index in [1.165, 1.54) is 46.3 Å². The van der Waals surface area contributed by atoms with Gasteiger partial charge in [-0.1, -0.05) is 50.9 Å². The van der Waals surface area contributed by atoms with Crippen LogP contribution < -0.4 is 5.32 Å². The third-order valence-electron chi connectivity index (χ3n) is 14.0. The van der Waals surface area contributed by atoms with Crippen LogP contribution in [0, 0.1) is 23.7 Å². The van der Waals surface area contributed by atoms with Crippen molar-refractivity contribution in [2.75, 3.05) is 34.4 Å². The fourth-order valence-electron chi connectivity index (χ4n) is 9.81. The lowest BCUT2D eigenvalue weighted by Gasteiger charge is -2.50. The van der Waals surface area contributed by atoms with Gasteiger partial charge in [-0.05, 0) is 86.1 Å². The zero-order chi connectivity index (χ0) is 48.2. The summed E-state index contributed by atoms with van der Waals surface area (Å²) in [6.45, 7) is 17.4. The van der Waals surface area contributed by atoms with Gasteiger partial charge in [-0.3, -0.25) is 19.3 Å². The lowest BCUT2D eigenvalue weighted by molar-refractivity contribution is -0.319. The number of halogens is 2. The molecule has 1 aromatic carbocycles. The number of hydrogen-bond donors (Lipinski definition) is 5. The van der Waals surface area contributed by atoms with Gasteiger partial charge in [0.05, 0.1) is 47.6 Å². The molecule has 0 saturated carbocycles. The average molecular weight is 950 g/mol. The molecule has 0 radical (unpaired) electrons. The molecule has 3 saturated heterocycles. The number of carbonyl (C=O) groups is 3. The van der Waals surface area contributed by atoms with Crippen LogP contribution in [0.2, 0.25) is 10.0 Å². The molecule has 3 aliphatic rings. The molecular formula is C46H74Cl2N2O14. The largest absolute Gasteiger partial charge is 0.459 e. The number of ether oxygens (including phenoxy) is 7. The molecule has 64 heavy (non-hydrogen) atoms. The van der Waals surface area contributed by atoms with E-state index in [0.717, 1.165) is 0 Å². The molecule has 3 aliphatic heterocycles. The van der Waals surface area contributed by atoms with Gasteiger partial charge in [0.1, 0.15) is 29.7 Å². The Labute approximate surface area is 388 Å². The number of hydrogen-bond acceptors (Lipinski definition) is 15. The molecule has 3 fully saturated rings. The Bertz CT molecular complexity index is 1720. The van der Waals surface area contributed by atoms with E-state index in [4.69, 9.17) is 56.4 Å². The van der Waals surface area contributed by atoms with Gasteiger partial charge in [-0.15, -0.1) is 0 Å². The summed E-state index contributed by atoms with van der Waals surface area (Å²) in [6, 6.07) is 4.08. The number of nitrogens with zero attached hydrogens (tertiary/aromatic N) is 1. The maximum Gasteiger partial charge on any atom is 0.311 e. The van der Waals surface area contributed by atoms with Gasteiger partial charge in [0.15, 0.2) is 12.6 Å². The highest BCUT2D eigenvalue weighted by molar-refractivity contribution is 6.35. The number of cyclic esters (lactones) is 1. The van der Waals surface area contributed by atoms with Crippen molar-refractivity contribution in [2.45, 2.75) is 179 Å². The number of aliphatic hydroxyl groups is 4. The van der Waals surface area contributed by atoms with Gasteiger partial charge in [0.25, 0.3) is 5.91 Å². The van der Waals surface area contributed by atoms with E-state index in [-0.39, 0.29) is 37.5 Å².